The van der Waals surface area contributed by atoms with Crippen LogP contribution in [0.5, 0.6) is 17.2 Å². The number of rotatable bonds is 12. The van der Waals surface area contributed by atoms with E-state index in [1.54, 1.807) is 43.3 Å². The highest BCUT2D eigenvalue weighted by atomic mass is 16.5. The van der Waals surface area contributed by atoms with E-state index >= 15 is 0 Å². The van der Waals surface area contributed by atoms with Gasteiger partial charge in [0.1, 0.15) is 0 Å². The fourth-order valence-corrected chi connectivity index (χ4v) is 3.19. The Bertz CT molecular complexity index is 1140. The summed E-state index contributed by atoms with van der Waals surface area (Å²) in [5.74, 6) is 0.0497. The first kappa shape index (κ1) is 28.7. The number of nitrogens with one attached hydrogen (secondary N) is 3. The van der Waals surface area contributed by atoms with Gasteiger partial charge in [0.2, 0.25) is 5.75 Å². The summed E-state index contributed by atoms with van der Waals surface area (Å²) < 4.78 is 16.9. The zero-order valence-corrected chi connectivity index (χ0v) is 21.6. The molecule has 4 amide bonds. The van der Waals surface area contributed by atoms with Gasteiger partial charge in [-0.15, -0.1) is 0 Å². The molecule has 0 atom stereocenters. The zero-order chi connectivity index (χ0) is 27.2. The predicted molar refractivity (Wildman–Crippen MR) is 142 cm³/mol. The standard InChI is InChI=1S/C28H33N3O6/c1-6-13-22(16-19(5)29-26(32)20-14-11-10-12-15-20)30-28(34)31-27(33)21-17-23(35-7-2)25(37-9-4)24(18-21)36-8-3/h6,10-18H,5,7-9H2,1-4H3,(H,29,32)(H2,30,31,33,34)/b13-6-,22-16+. The molecular formula is C28H33N3O6. The topological polar surface area (TPSA) is 115 Å². The van der Waals surface area contributed by atoms with Gasteiger partial charge in [0.15, 0.2) is 11.5 Å². The maximum absolute atomic E-state index is 12.9. The van der Waals surface area contributed by atoms with Crippen LogP contribution in [0.25, 0.3) is 0 Å². The lowest BCUT2D eigenvalue weighted by Gasteiger charge is -2.17. The minimum absolute atomic E-state index is 0.154. The molecule has 3 N–H and O–H groups in total. The Balaban J connectivity index is 2.15. The van der Waals surface area contributed by atoms with Crippen LogP contribution >= 0.6 is 0 Å². The molecule has 37 heavy (non-hydrogen) atoms. The highest BCUT2D eigenvalue weighted by molar-refractivity contribution is 6.05. The lowest BCUT2D eigenvalue weighted by Crippen LogP contribution is -2.39. The Morgan fingerprint density at radius 1 is 0.811 bits per heavy atom. The molecule has 0 radical (unpaired) electrons. The van der Waals surface area contributed by atoms with Crippen molar-refractivity contribution in [2.45, 2.75) is 27.7 Å². The third kappa shape index (κ3) is 8.88. The van der Waals surface area contributed by atoms with Crippen molar-refractivity contribution in [3.63, 3.8) is 0 Å². The molecule has 0 aliphatic heterocycles. The average molecular weight is 508 g/mol. The van der Waals surface area contributed by atoms with Crippen LogP contribution in [0.1, 0.15) is 48.4 Å². The predicted octanol–water partition coefficient (Wildman–Crippen LogP) is 4.73. The van der Waals surface area contributed by atoms with Crippen molar-refractivity contribution in [2.24, 2.45) is 0 Å². The lowest BCUT2D eigenvalue weighted by molar-refractivity contribution is 0.0956. The summed E-state index contributed by atoms with van der Waals surface area (Å²) in [4.78, 5) is 37.8. The number of hydrogen-bond acceptors (Lipinski definition) is 6. The van der Waals surface area contributed by atoms with Crippen LogP contribution in [0, 0.1) is 0 Å². The Hall–Kier alpha value is -4.53. The second kappa shape index (κ2) is 14.8. The lowest BCUT2D eigenvalue weighted by atomic mass is 10.1. The second-order valence-corrected chi connectivity index (χ2v) is 7.45. The van der Waals surface area contributed by atoms with Gasteiger partial charge >= 0.3 is 6.03 Å². The van der Waals surface area contributed by atoms with E-state index in [1.165, 1.54) is 18.2 Å². The molecule has 9 nitrogen and oxygen atoms in total. The van der Waals surface area contributed by atoms with Gasteiger partial charge in [-0.25, -0.2) is 4.79 Å². The number of carbonyl (C=O) groups is 3. The van der Waals surface area contributed by atoms with Crippen molar-refractivity contribution < 1.29 is 28.6 Å². The van der Waals surface area contributed by atoms with Crippen LogP contribution < -0.4 is 30.2 Å². The molecule has 0 saturated heterocycles. The number of ether oxygens (including phenoxy) is 3. The van der Waals surface area contributed by atoms with E-state index in [0.717, 1.165) is 0 Å². The highest BCUT2D eigenvalue weighted by Crippen LogP contribution is 2.39. The first-order valence-corrected chi connectivity index (χ1v) is 11.9. The van der Waals surface area contributed by atoms with Crippen LogP contribution in [0.15, 0.2) is 78.7 Å². The molecule has 9 heteroatoms. The fraction of sp³-hybridized carbons (Fsp3) is 0.250. The van der Waals surface area contributed by atoms with Crippen molar-refractivity contribution in [1.82, 2.24) is 16.0 Å². The van der Waals surface area contributed by atoms with Crippen LogP contribution in [-0.4, -0.2) is 37.7 Å². The van der Waals surface area contributed by atoms with Gasteiger partial charge in [0.25, 0.3) is 11.8 Å². The van der Waals surface area contributed by atoms with E-state index in [4.69, 9.17) is 14.2 Å². The van der Waals surface area contributed by atoms with Crippen molar-refractivity contribution in [2.75, 3.05) is 19.8 Å². The van der Waals surface area contributed by atoms with Gasteiger partial charge in [-0.3, -0.25) is 14.9 Å². The summed E-state index contributed by atoms with van der Waals surface area (Å²) in [5, 5.41) is 7.52. The van der Waals surface area contributed by atoms with Gasteiger partial charge in [-0.1, -0.05) is 30.9 Å². The number of benzene rings is 2. The third-order valence-corrected chi connectivity index (χ3v) is 4.64. The van der Waals surface area contributed by atoms with E-state index in [2.05, 4.69) is 22.5 Å². The monoisotopic (exact) mass is 507 g/mol. The normalized spacial score (nSPS) is 11.0. The summed E-state index contributed by atoms with van der Waals surface area (Å²) in [7, 11) is 0. The van der Waals surface area contributed by atoms with E-state index < -0.39 is 11.9 Å². The van der Waals surface area contributed by atoms with Crippen LogP contribution in [0.2, 0.25) is 0 Å². The third-order valence-electron chi connectivity index (χ3n) is 4.64. The highest BCUT2D eigenvalue weighted by Gasteiger charge is 2.20. The Morgan fingerprint density at radius 3 is 1.92 bits per heavy atom. The van der Waals surface area contributed by atoms with E-state index in [-0.39, 0.29) is 17.2 Å². The Morgan fingerprint density at radius 2 is 1.38 bits per heavy atom. The summed E-state index contributed by atoms with van der Waals surface area (Å²) in [5.41, 5.74) is 1.18. The maximum atomic E-state index is 12.9. The van der Waals surface area contributed by atoms with Gasteiger partial charge in [-0.2, -0.15) is 0 Å². The first-order valence-electron chi connectivity index (χ1n) is 11.9. The van der Waals surface area contributed by atoms with Gasteiger partial charge in [-0.05, 0) is 64.1 Å². The van der Waals surface area contributed by atoms with E-state index in [1.807, 2.05) is 26.8 Å². The molecule has 196 valence electrons. The van der Waals surface area contributed by atoms with Crippen molar-refractivity contribution in [3.8, 4) is 17.2 Å². The van der Waals surface area contributed by atoms with Gasteiger partial charge < -0.3 is 24.8 Å². The molecule has 2 aromatic carbocycles. The Labute approximate surface area is 217 Å². The largest absolute Gasteiger partial charge is 0.490 e. The number of urea groups is 1. The van der Waals surface area contributed by atoms with Crippen molar-refractivity contribution in [1.29, 1.82) is 0 Å². The molecule has 2 aromatic rings. The molecule has 0 heterocycles. The SMILES string of the molecule is C=C(/C=C(\C=C/C)NC(=O)NC(=O)c1cc(OCC)c(OCC)c(OCC)c1)NC(=O)c1ccccc1. The fourth-order valence-electron chi connectivity index (χ4n) is 3.19. The quantitative estimate of drug-likeness (QED) is 0.358. The molecule has 0 spiro atoms. The number of hydrogen-bond donors (Lipinski definition) is 3. The number of imide groups is 1. The van der Waals surface area contributed by atoms with Crippen LogP contribution in [-0.2, 0) is 0 Å². The van der Waals surface area contributed by atoms with Gasteiger partial charge in [0, 0.05) is 22.5 Å². The molecule has 0 aromatic heterocycles. The number of allylic oxidation sites excluding steroid dienone is 3. The van der Waals surface area contributed by atoms with Crippen LogP contribution in [0.3, 0.4) is 0 Å². The molecule has 0 fully saturated rings. The first-order chi connectivity index (χ1) is 17.8. The molecule has 0 aliphatic rings. The summed E-state index contributed by atoms with van der Waals surface area (Å²) in [6, 6.07) is 10.9. The second-order valence-electron chi connectivity index (χ2n) is 7.45. The Kier molecular flexibility index (Phi) is 11.5. The van der Waals surface area contributed by atoms with E-state index in [0.29, 0.717) is 48.3 Å². The number of amides is 4. The summed E-state index contributed by atoms with van der Waals surface area (Å²) in [6.45, 7) is 12.1. The average Bonchev–Trinajstić information content (AvgIpc) is 2.86. The van der Waals surface area contributed by atoms with Crippen molar-refractivity contribution in [3.05, 3.63) is 89.8 Å². The molecular weight excluding hydrogens is 474 g/mol. The molecule has 0 unspecified atom stereocenters. The molecule has 0 saturated carbocycles. The van der Waals surface area contributed by atoms with Crippen molar-refractivity contribution >= 4 is 17.8 Å². The maximum Gasteiger partial charge on any atom is 0.326 e. The molecule has 0 bridgehead atoms. The molecule has 0 aliphatic carbocycles. The zero-order valence-electron chi connectivity index (χ0n) is 21.6. The summed E-state index contributed by atoms with van der Waals surface area (Å²) in [6.07, 6.45) is 4.76. The summed E-state index contributed by atoms with van der Waals surface area (Å²) >= 11 is 0. The van der Waals surface area contributed by atoms with Crippen LogP contribution in [0.4, 0.5) is 4.79 Å². The van der Waals surface area contributed by atoms with Gasteiger partial charge in [0.05, 0.1) is 19.8 Å². The molecule has 2 rings (SSSR count). The smallest absolute Gasteiger partial charge is 0.326 e. The minimum Gasteiger partial charge on any atom is -0.490 e. The number of carbonyl (C=O) groups excluding carboxylic acids is 3. The van der Waals surface area contributed by atoms with E-state index in [9.17, 15) is 14.4 Å². The minimum atomic E-state index is -0.777.